The van der Waals surface area contributed by atoms with E-state index in [1.54, 1.807) is 6.20 Å². The molecular weight excluding hydrogens is 233 g/mol. The molecule has 0 radical (unpaired) electrons. The third-order valence-electron chi connectivity index (χ3n) is 2.68. The minimum Gasteiger partial charge on any atom is -0.355 e. The summed E-state index contributed by atoms with van der Waals surface area (Å²) in [6.07, 6.45) is 3.74. The maximum absolute atomic E-state index is 4.23. The number of pyridine rings is 1. The molecule has 1 nitrogen and oxygen atoms in total. The molecule has 0 aliphatic heterocycles. The van der Waals surface area contributed by atoms with Gasteiger partial charge < -0.3 is 4.98 Å². The average Bonchev–Trinajstić information content (AvgIpc) is 2.03. The topological polar surface area (TPSA) is 12.9 Å². The van der Waals surface area contributed by atoms with Gasteiger partial charge in [-0.3, -0.25) is 18.1 Å². The van der Waals surface area contributed by atoms with Gasteiger partial charge in [0.05, 0.1) is 0 Å². The van der Waals surface area contributed by atoms with Crippen molar-refractivity contribution in [2.75, 3.05) is 0 Å². The summed E-state index contributed by atoms with van der Waals surface area (Å²) in [7, 11) is 0. The van der Waals surface area contributed by atoms with Crippen LogP contribution in [0.15, 0.2) is 18.5 Å². The minimum absolute atomic E-state index is 0. The van der Waals surface area contributed by atoms with Gasteiger partial charge in [0, 0.05) is 0 Å². The molecule has 0 saturated heterocycles. The first-order chi connectivity index (χ1) is 7.14. The first-order valence-corrected chi connectivity index (χ1v) is 5.78. The van der Waals surface area contributed by atoms with Crippen LogP contribution in [0.2, 0.25) is 0 Å². The second-order valence-electron chi connectivity index (χ2n) is 6.41. The maximum Gasteiger partial charge on any atom is 1.00 e. The molecule has 1 rings (SSSR count). The van der Waals surface area contributed by atoms with Gasteiger partial charge in [-0.05, 0) is 0 Å². The summed E-state index contributed by atoms with van der Waals surface area (Å²) in [5.74, 6) is 1.41. The predicted molar refractivity (Wildman–Crippen MR) is 70.0 cm³/mol. The van der Waals surface area contributed by atoms with Crippen LogP contribution in [0.1, 0.15) is 52.7 Å². The molecule has 90 valence electrons. The van der Waals surface area contributed by atoms with Crippen LogP contribution in [0, 0.1) is 23.7 Å². The largest absolute Gasteiger partial charge is 1.00 e. The molecule has 17 heavy (non-hydrogen) atoms. The molecule has 1 aromatic rings. The van der Waals surface area contributed by atoms with Crippen LogP contribution < -0.4 is 51.4 Å². The first-order valence-electron chi connectivity index (χ1n) is 5.78. The van der Waals surface area contributed by atoms with Crippen molar-refractivity contribution in [2.45, 2.75) is 41.5 Å². The maximum atomic E-state index is 4.23. The molecule has 0 amide bonds. The van der Waals surface area contributed by atoms with Crippen molar-refractivity contribution in [3.63, 3.8) is 0 Å². The van der Waals surface area contributed by atoms with E-state index in [4.69, 9.17) is 0 Å². The molecule has 0 saturated carbocycles. The third-order valence-corrected chi connectivity index (χ3v) is 2.68. The van der Waals surface area contributed by atoms with E-state index in [-0.39, 0.29) is 62.2 Å². The number of rotatable bonds is 1. The fraction of sp³-hybridized carbons (Fsp3) is 0.533. The van der Waals surface area contributed by atoms with Crippen molar-refractivity contribution < 1.29 is 51.4 Å². The number of aromatic nitrogens is 1. The molecule has 2 heteroatoms. The zero-order valence-corrected chi connectivity index (χ0v) is 15.5. The van der Waals surface area contributed by atoms with Gasteiger partial charge in [0.1, 0.15) is 0 Å². The molecule has 0 spiro atoms. The number of hydrogen-bond acceptors (Lipinski definition) is 1. The Morgan fingerprint density at radius 2 is 1.53 bits per heavy atom. The molecule has 1 heterocycles. The summed E-state index contributed by atoms with van der Waals surface area (Å²) >= 11 is 0. The van der Waals surface area contributed by atoms with Crippen LogP contribution in [0.4, 0.5) is 0 Å². The van der Waals surface area contributed by atoms with Crippen LogP contribution in [0.3, 0.4) is 0 Å². The fourth-order valence-corrected chi connectivity index (χ4v) is 2.58. The molecule has 0 unspecified atom stereocenters. The van der Waals surface area contributed by atoms with Crippen molar-refractivity contribution in [2.24, 2.45) is 10.8 Å². The molecule has 0 atom stereocenters. The molecule has 0 N–H and O–H groups in total. The van der Waals surface area contributed by atoms with E-state index in [0.717, 1.165) is 5.56 Å². The van der Waals surface area contributed by atoms with E-state index in [2.05, 4.69) is 53.5 Å². The van der Waals surface area contributed by atoms with E-state index in [1.165, 1.54) is 11.5 Å². The van der Waals surface area contributed by atoms with Gasteiger partial charge in [0.15, 0.2) is 0 Å². The summed E-state index contributed by atoms with van der Waals surface area (Å²) in [5.41, 5.74) is 2.53. The van der Waals surface area contributed by atoms with Gasteiger partial charge in [0.25, 0.3) is 0 Å². The van der Waals surface area contributed by atoms with Crippen LogP contribution in [0.5, 0.6) is 0 Å². The minimum atomic E-state index is 0. The van der Waals surface area contributed by atoms with Crippen LogP contribution in [-0.4, -0.2) is 4.98 Å². The van der Waals surface area contributed by atoms with Crippen molar-refractivity contribution in [3.8, 4) is 0 Å². The fourth-order valence-electron chi connectivity index (χ4n) is 2.58. The zero-order chi connectivity index (χ0) is 12.6. The molecule has 0 fully saturated rings. The Bertz CT molecular complexity index is 344. The Kier molecular flexibility index (Phi) is 6.30. The molecule has 1 aromatic heterocycles. The van der Waals surface area contributed by atoms with Gasteiger partial charge in [-0.25, -0.2) is 12.0 Å². The van der Waals surface area contributed by atoms with Gasteiger partial charge in [-0.2, -0.15) is 0 Å². The quantitative estimate of drug-likeness (QED) is 0.545. The summed E-state index contributed by atoms with van der Waals surface area (Å²) < 4.78 is 0. The molecule has 0 aromatic carbocycles. The van der Waals surface area contributed by atoms with Crippen molar-refractivity contribution in [1.29, 1.82) is 0 Å². The number of nitrogens with zero attached hydrogens (tertiary/aromatic N) is 1. The Balaban J connectivity index is 0.00000256. The van der Waals surface area contributed by atoms with Crippen molar-refractivity contribution in [1.82, 2.24) is 4.98 Å². The van der Waals surface area contributed by atoms with Crippen molar-refractivity contribution >= 4 is 0 Å². The van der Waals surface area contributed by atoms with Gasteiger partial charge in [-0.15, -0.1) is 6.20 Å². The second-order valence-corrected chi connectivity index (χ2v) is 6.41. The molecule has 0 aliphatic rings. The Morgan fingerprint density at radius 3 is 1.88 bits per heavy atom. The summed E-state index contributed by atoms with van der Waals surface area (Å²) in [5, 5.41) is 0. The Hall–Kier alpha value is 0.526. The van der Waals surface area contributed by atoms with E-state index < -0.39 is 0 Å². The van der Waals surface area contributed by atoms with Gasteiger partial charge >= 0.3 is 51.4 Å². The summed E-state index contributed by atoms with van der Waals surface area (Å²) in [4.78, 5) is 4.23. The van der Waals surface area contributed by atoms with E-state index in [1.807, 2.05) is 12.3 Å². The van der Waals surface area contributed by atoms with Crippen molar-refractivity contribution in [3.05, 3.63) is 42.4 Å². The third kappa shape index (κ3) is 4.60. The van der Waals surface area contributed by atoms with Crippen LogP contribution in [0.25, 0.3) is 0 Å². The zero-order valence-electron chi connectivity index (χ0n) is 12.4. The molecule has 0 aliphatic carbocycles. The SMILES string of the molecule is [CH2-]c1ccncc1[C-](C(C)(C)C)C(C)(C)C.[K+]. The molecular formula is C15H23KN-. The monoisotopic (exact) mass is 256 g/mol. The number of hydrogen-bond donors (Lipinski definition) is 0. The standard InChI is InChI=1S/C15H23N.K/c1-11-8-9-16-10-12(11)13(14(2,3)4)15(5,6)7;/h8-10H,1H2,2-7H3;/q-2;+1. The van der Waals surface area contributed by atoms with Crippen LogP contribution >= 0.6 is 0 Å². The van der Waals surface area contributed by atoms with E-state index in [9.17, 15) is 0 Å². The summed E-state index contributed by atoms with van der Waals surface area (Å²) in [6.45, 7) is 17.6. The normalized spacial score (nSPS) is 11.9. The van der Waals surface area contributed by atoms with E-state index >= 15 is 0 Å². The van der Waals surface area contributed by atoms with E-state index in [0.29, 0.717) is 0 Å². The Morgan fingerprint density at radius 1 is 1.06 bits per heavy atom. The van der Waals surface area contributed by atoms with Gasteiger partial charge in [-0.1, -0.05) is 58.6 Å². The van der Waals surface area contributed by atoms with Gasteiger partial charge in [0.2, 0.25) is 0 Å². The summed E-state index contributed by atoms with van der Waals surface area (Å²) in [6, 6.07) is 1.98. The Labute approximate surface area is 149 Å². The smallest absolute Gasteiger partial charge is 0.355 e. The second kappa shape index (κ2) is 6.11. The van der Waals surface area contributed by atoms with Crippen LogP contribution in [-0.2, 0) is 0 Å². The first kappa shape index (κ1) is 17.5. The predicted octanol–water partition coefficient (Wildman–Crippen LogP) is 1.28. The molecule has 0 bridgehead atoms. The average molecular weight is 256 g/mol.